The lowest BCUT2D eigenvalue weighted by Gasteiger charge is -2.09. The smallest absolute Gasteiger partial charge is 0.0340 e. The third-order valence-electron chi connectivity index (χ3n) is 3.44. The lowest BCUT2D eigenvalue weighted by atomic mass is 10.0. The van der Waals surface area contributed by atoms with Crippen molar-refractivity contribution in [3.05, 3.63) is 29.8 Å². The minimum absolute atomic E-state index is 0.623. The van der Waals surface area contributed by atoms with Gasteiger partial charge in [0.1, 0.15) is 0 Å². The molecule has 0 radical (unpaired) electrons. The van der Waals surface area contributed by atoms with E-state index in [0.29, 0.717) is 5.92 Å². The van der Waals surface area contributed by atoms with Gasteiger partial charge in [-0.05, 0) is 30.0 Å². The summed E-state index contributed by atoms with van der Waals surface area (Å²) in [6, 6.07) is 8.86. The van der Waals surface area contributed by atoms with E-state index in [0.717, 1.165) is 6.54 Å². The fourth-order valence-electron chi connectivity index (χ4n) is 2.12. The van der Waals surface area contributed by atoms with Gasteiger partial charge in [-0.1, -0.05) is 65.0 Å². The SMILES string of the molecule is CCCCCCCCNc1ccc(C(C)C)cc1. The summed E-state index contributed by atoms with van der Waals surface area (Å²) >= 11 is 0. The average Bonchev–Trinajstić information content (AvgIpc) is 2.38. The molecule has 0 spiro atoms. The molecule has 1 nitrogen and oxygen atoms in total. The molecule has 0 heterocycles. The van der Waals surface area contributed by atoms with Gasteiger partial charge in [0.15, 0.2) is 0 Å². The van der Waals surface area contributed by atoms with E-state index in [9.17, 15) is 0 Å². The van der Waals surface area contributed by atoms with Gasteiger partial charge in [0, 0.05) is 12.2 Å². The third-order valence-corrected chi connectivity index (χ3v) is 3.44. The second-order valence-electron chi connectivity index (χ2n) is 5.47. The molecule has 0 saturated heterocycles. The Bertz CT molecular complexity index is 300. The Balaban J connectivity index is 2.12. The minimum atomic E-state index is 0.623. The van der Waals surface area contributed by atoms with Crippen LogP contribution in [0.25, 0.3) is 0 Å². The molecule has 0 saturated carbocycles. The molecule has 0 fully saturated rings. The first kappa shape index (κ1) is 15.1. The van der Waals surface area contributed by atoms with Gasteiger partial charge in [0.25, 0.3) is 0 Å². The van der Waals surface area contributed by atoms with Crippen molar-refractivity contribution in [2.24, 2.45) is 0 Å². The van der Waals surface area contributed by atoms with E-state index < -0.39 is 0 Å². The van der Waals surface area contributed by atoms with E-state index in [4.69, 9.17) is 0 Å². The molecule has 1 N–H and O–H groups in total. The molecule has 0 aliphatic heterocycles. The normalized spacial score (nSPS) is 10.9. The molecule has 0 aliphatic carbocycles. The summed E-state index contributed by atoms with van der Waals surface area (Å²) in [5.74, 6) is 0.623. The van der Waals surface area contributed by atoms with Crippen LogP contribution in [0.4, 0.5) is 5.69 Å². The third kappa shape index (κ3) is 6.09. The van der Waals surface area contributed by atoms with Crippen molar-refractivity contribution in [1.29, 1.82) is 0 Å². The maximum absolute atomic E-state index is 3.50. The lowest BCUT2D eigenvalue weighted by Crippen LogP contribution is -2.01. The Labute approximate surface area is 113 Å². The predicted octanol–water partition coefficient (Wildman–Crippen LogP) is 5.58. The van der Waals surface area contributed by atoms with Crippen LogP contribution in [-0.2, 0) is 0 Å². The highest BCUT2D eigenvalue weighted by Crippen LogP contribution is 2.17. The van der Waals surface area contributed by atoms with Gasteiger partial charge >= 0.3 is 0 Å². The van der Waals surface area contributed by atoms with E-state index >= 15 is 0 Å². The molecule has 1 aromatic rings. The van der Waals surface area contributed by atoms with Crippen molar-refractivity contribution in [2.75, 3.05) is 11.9 Å². The zero-order valence-electron chi connectivity index (χ0n) is 12.3. The van der Waals surface area contributed by atoms with E-state index in [1.807, 2.05) is 0 Å². The van der Waals surface area contributed by atoms with Crippen LogP contribution in [0, 0.1) is 0 Å². The molecule has 0 amide bonds. The fraction of sp³-hybridized carbons (Fsp3) is 0.647. The van der Waals surface area contributed by atoms with Crippen LogP contribution in [0.1, 0.15) is 70.8 Å². The summed E-state index contributed by atoms with van der Waals surface area (Å²) in [4.78, 5) is 0. The van der Waals surface area contributed by atoms with E-state index in [2.05, 4.69) is 50.4 Å². The van der Waals surface area contributed by atoms with Crippen molar-refractivity contribution >= 4 is 5.69 Å². The first-order chi connectivity index (χ1) is 8.74. The fourth-order valence-corrected chi connectivity index (χ4v) is 2.12. The first-order valence-corrected chi connectivity index (χ1v) is 7.58. The van der Waals surface area contributed by atoms with Gasteiger partial charge in [-0.15, -0.1) is 0 Å². The number of rotatable bonds is 9. The first-order valence-electron chi connectivity index (χ1n) is 7.58. The topological polar surface area (TPSA) is 12.0 Å². The summed E-state index contributed by atoms with van der Waals surface area (Å²) < 4.78 is 0. The predicted molar refractivity (Wildman–Crippen MR) is 82.4 cm³/mol. The zero-order chi connectivity index (χ0) is 13.2. The molecule has 18 heavy (non-hydrogen) atoms. The monoisotopic (exact) mass is 247 g/mol. The van der Waals surface area contributed by atoms with Crippen LogP contribution in [-0.4, -0.2) is 6.54 Å². The Kier molecular flexibility index (Phi) is 7.55. The van der Waals surface area contributed by atoms with Gasteiger partial charge in [0.2, 0.25) is 0 Å². The molecule has 0 unspecified atom stereocenters. The molecule has 0 aromatic heterocycles. The van der Waals surface area contributed by atoms with Crippen LogP contribution in [0.2, 0.25) is 0 Å². The van der Waals surface area contributed by atoms with Crippen molar-refractivity contribution in [3.63, 3.8) is 0 Å². The van der Waals surface area contributed by atoms with Crippen LogP contribution in [0.3, 0.4) is 0 Å². The van der Waals surface area contributed by atoms with Crippen LogP contribution in [0.15, 0.2) is 24.3 Å². The number of hydrogen-bond donors (Lipinski definition) is 1. The number of hydrogen-bond acceptors (Lipinski definition) is 1. The molecular formula is C17H29N. The highest BCUT2D eigenvalue weighted by molar-refractivity contribution is 5.44. The van der Waals surface area contributed by atoms with Crippen molar-refractivity contribution in [3.8, 4) is 0 Å². The Morgan fingerprint density at radius 2 is 1.50 bits per heavy atom. The Hall–Kier alpha value is -0.980. The Morgan fingerprint density at radius 1 is 0.889 bits per heavy atom. The van der Waals surface area contributed by atoms with E-state index in [-0.39, 0.29) is 0 Å². The maximum atomic E-state index is 3.50. The van der Waals surface area contributed by atoms with Gasteiger partial charge in [-0.3, -0.25) is 0 Å². The number of anilines is 1. The Morgan fingerprint density at radius 3 is 2.11 bits per heavy atom. The second-order valence-corrected chi connectivity index (χ2v) is 5.47. The zero-order valence-corrected chi connectivity index (χ0v) is 12.3. The molecule has 0 aliphatic rings. The molecule has 0 atom stereocenters. The van der Waals surface area contributed by atoms with Gasteiger partial charge < -0.3 is 5.32 Å². The maximum Gasteiger partial charge on any atom is 0.0340 e. The number of unbranched alkanes of at least 4 members (excludes halogenated alkanes) is 5. The summed E-state index contributed by atoms with van der Waals surface area (Å²) in [5.41, 5.74) is 2.67. The van der Waals surface area contributed by atoms with E-state index in [1.54, 1.807) is 0 Å². The minimum Gasteiger partial charge on any atom is -0.385 e. The molecule has 1 heteroatoms. The summed E-state index contributed by atoms with van der Waals surface area (Å²) in [6.45, 7) is 7.84. The van der Waals surface area contributed by atoms with Crippen molar-refractivity contribution in [2.45, 2.75) is 65.2 Å². The molecule has 1 aromatic carbocycles. The molecular weight excluding hydrogens is 218 g/mol. The van der Waals surface area contributed by atoms with Crippen LogP contribution in [0.5, 0.6) is 0 Å². The van der Waals surface area contributed by atoms with Crippen molar-refractivity contribution in [1.82, 2.24) is 0 Å². The second kappa shape index (κ2) is 9.02. The number of nitrogens with one attached hydrogen (secondary N) is 1. The largest absolute Gasteiger partial charge is 0.385 e. The van der Waals surface area contributed by atoms with Crippen molar-refractivity contribution < 1.29 is 0 Å². The van der Waals surface area contributed by atoms with Crippen LogP contribution >= 0.6 is 0 Å². The highest BCUT2D eigenvalue weighted by atomic mass is 14.9. The summed E-state index contributed by atoms with van der Waals surface area (Å²) in [6.07, 6.45) is 8.17. The van der Waals surface area contributed by atoms with Gasteiger partial charge in [-0.2, -0.15) is 0 Å². The lowest BCUT2D eigenvalue weighted by molar-refractivity contribution is 0.617. The molecule has 102 valence electrons. The van der Waals surface area contributed by atoms with E-state index in [1.165, 1.54) is 49.8 Å². The van der Waals surface area contributed by atoms with Gasteiger partial charge in [0.05, 0.1) is 0 Å². The summed E-state index contributed by atoms with van der Waals surface area (Å²) in [5, 5.41) is 3.50. The molecule has 0 bridgehead atoms. The quantitative estimate of drug-likeness (QED) is 0.561. The molecule has 1 rings (SSSR count). The standard InChI is InChI=1S/C17H29N/c1-4-5-6-7-8-9-14-18-17-12-10-16(11-13-17)15(2)3/h10-13,15,18H,4-9,14H2,1-3H3. The number of benzene rings is 1. The van der Waals surface area contributed by atoms with Gasteiger partial charge in [-0.25, -0.2) is 0 Å². The average molecular weight is 247 g/mol. The van der Waals surface area contributed by atoms with Crippen LogP contribution < -0.4 is 5.32 Å². The highest BCUT2D eigenvalue weighted by Gasteiger charge is 1.98. The summed E-state index contributed by atoms with van der Waals surface area (Å²) in [7, 11) is 0.